The first-order chi connectivity index (χ1) is 15.7. The number of carbonyl (C=O) groups excluding carboxylic acids is 1. The minimum absolute atomic E-state index is 0.237. The van der Waals surface area contributed by atoms with E-state index in [4.69, 9.17) is 4.74 Å². The normalized spacial score (nSPS) is 10.9. The molecule has 0 aliphatic carbocycles. The molecule has 0 N–H and O–H groups in total. The summed E-state index contributed by atoms with van der Waals surface area (Å²) in [4.78, 5) is 13.9. The van der Waals surface area contributed by atoms with Crippen LogP contribution in [-0.2, 0) is 4.79 Å². The Morgan fingerprint density at radius 1 is 0.625 bits per heavy atom. The topological polar surface area (TPSA) is 29.5 Å². The van der Waals surface area contributed by atoms with Gasteiger partial charge < -0.3 is 9.64 Å². The summed E-state index contributed by atoms with van der Waals surface area (Å²) in [5.74, 6) is 0.316. The maximum absolute atomic E-state index is 11.7. The Bertz CT molecular complexity index is 1330. The van der Waals surface area contributed by atoms with Crippen molar-refractivity contribution in [3.05, 3.63) is 109 Å². The number of rotatable bonds is 5. The molecule has 0 atom stereocenters. The first kappa shape index (κ1) is 19.8. The lowest BCUT2D eigenvalue weighted by Crippen LogP contribution is -2.10. The number of carbonyl (C=O) groups is 1. The summed E-state index contributed by atoms with van der Waals surface area (Å²) in [5.41, 5.74) is 3.13. The zero-order valence-electron chi connectivity index (χ0n) is 17.9. The fraction of sp³-hybridized carbons (Fsp3) is 0.0690. The van der Waals surface area contributed by atoms with Gasteiger partial charge in [-0.05, 0) is 70.1 Å². The first-order valence-corrected chi connectivity index (χ1v) is 10.8. The van der Waals surface area contributed by atoms with E-state index in [1.54, 1.807) is 6.92 Å². The van der Waals surface area contributed by atoms with Gasteiger partial charge in [0.05, 0.1) is 0 Å². The average molecular weight is 418 g/mol. The number of hydrogen-bond donors (Lipinski definition) is 0. The summed E-state index contributed by atoms with van der Waals surface area (Å²) in [5, 5.41) is 4.78. The summed E-state index contributed by atoms with van der Waals surface area (Å²) in [6, 6.07) is 37.4. The van der Waals surface area contributed by atoms with Crippen molar-refractivity contribution < 1.29 is 9.53 Å². The van der Waals surface area contributed by atoms with E-state index in [1.807, 2.05) is 24.3 Å². The third kappa shape index (κ3) is 3.93. The molecule has 0 bridgehead atoms. The van der Waals surface area contributed by atoms with Gasteiger partial charge in [0.1, 0.15) is 5.75 Å². The lowest BCUT2D eigenvalue weighted by atomic mass is 10.1. The van der Waals surface area contributed by atoms with Crippen LogP contribution >= 0.6 is 0 Å². The molecule has 0 aliphatic rings. The molecule has 0 aromatic heterocycles. The minimum Gasteiger partial charge on any atom is -0.427 e. The Morgan fingerprint density at radius 2 is 1.09 bits per heavy atom. The van der Waals surface area contributed by atoms with E-state index in [0.717, 1.165) is 17.1 Å². The number of esters is 1. The smallest absolute Gasteiger partial charge is 0.310 e. The molecule has 0 saturated heterocycles. The van der Waals surface area contributed by atoms with Crippen molar-refractivity contribution in [2.24, 2.45) is 0 Å². The maximum atomic E-state index is 11.7. The monoisotopic (exact) mass is 417 g/mol. The van der Waals surface area contributed by atoms with Crippen molar-refractivity contribution in [1.29, 1.82) is 0 Å². The maximum Gasteiger partial charge on any atom is 0.310 e. The molecule has 0 heterocycles. The molecule has 5 rings (SSSR count). The Kier molecular flexibility index (Phi) is 5.30. The van der Waals surface area contributed by atoms with Gasteiger partial charge in [0.15, 0.2) is 0 Å². The van der Waals surface area contributed by atoms with Crippen LogP contribution in [0, 0.1) is 0 Å². The van der Waals surface area contributed by atoms with Gasteiger partial charge in [-0.3, -0.25) is 4.79 Å². The van der Waals surface area contributed by atoms with Crippen LogP contribution in [0.5, 0.6) is 5.75 Å². The van der Waals surface area contributed by atoms with Gasteiger partial charge in [0.25, 0.3) is 0 Å². The SMILES string of the molecule is CCC(=O)Oc1ccc(N(c2ccc3ccccc3c2)c2ccc3ccccc3c2)cc1. The molecule has 0 spiro atoms. The molecule has 5 aromatic rings. The van der Waals surface area contributed by atoms with Crippen LogP contribution in [0.2, 0.25) is 0 Å². The van der Waals surface area contributed by atoms with Gasteiger partial charge >= 0.3 is 5.97 Å². The van der Waals surface area contributed by atoms with E-state index in [0.29, 0.717) is 12.2 Å². The molecular formula is C29H23NO2. The number of fused-ring (bicyclic) bond motifs is 2. The molecule has 0 radical (unpaired) electrons. The van der Waals surface area contributed by atoms with E-state index in [1.165, 1.54) is 21.5 Å². The molecular weight excluding hydrogens is 394 g/mol. The van der Waals surface area contributed by atoms with Crippen molar-refractivity contribution in [2.75, 3.05) is 4.90 Å². The van der Waals surface area contributed by atoms with Gasteiger partial charge in [-0.15, -0.1) is 0 Å². The average Bonchev–Trinajstić information content (AvgIpc) is 2.85. The molecule has 3 heteroatoms. The zero-order valence-corrected chi connectivity index (χ0v) is 17.9. The van der Waals surface area contributed by atoms with Crippen LogP contribution < -0.4 is 9.64 Å². The van der Waals surface area contributed by atoms with Crippen LogP contribution in [0.4, 0.5) is 17.1 Å². The standard InChI is InChI=1S/C29H23NO2/c1-2-29(31)32-28-17-15-25(16-18-28)30(26-13-11-21-7-3-5-9-23(21)19-26)27-14-12-22-8-4-6-10-24(22)20-27/h3-20H,2H2,1H3. The summed E-state index contributed by atoms with van der Waals surface area (Å²) < 4.78 is 5.37. The second-order valence-corrected chi connectivity index (χ2v) is 7.72. The second kappa shape index (κ2) is 8.56. The van der Waals surface area contributed by atoms with Gasteiger partial charge in [-0.25, -0.2) is 0 Å². The van der Waals surface area contributed by atoms with Crippen molar-refractivity contribution in [2.45, 2.75) is 13.3 Å². The Labute approximate surface area is 187 Å². The second-order valence-electron chi connectivity index (χ2n) is 7.72. The molecule has 0 saturated carbocycles. The van der Waals surface area contributed by atoms with E-state index >= 15 is 0 Å². The number of ether oxygens (including phenoxy) is 1. The van der Waals surface area contributed by atoms with E-state index < -0.39 is 0 Å². The van der Waals surface area contributed by atoms with E-state index in [9.17, 15) is 4.79 Å². The number of hydrogen-bond acceptors (Lipinski definition) is 3. The van der Waals surface area contributed by atoms with Gasteiger partial charge in [-0.2, -0.15) is 0 Å². The van der Waals surface area contributed by atoms with Crippen molar-refractivity contribution in [3.8, 4) is 5.75 Å². The van der Waals surface area contributed by atoms with Crippen LogP contribution in [0.3, 0.4) is 0 Å². The van der Waals surface area contributed by atoms with Crippen LogP contribution in [0.1, 0.15) is 13.3 Å². The van der Waals surface area contributed by atoms with Gasteiger partial charge in [0.2, 0.25) is 0 Å². The number of benzene rings is 5. The van der Waals surface area contributed by atoms with E-state index in [-0.39, 0.29) is 5.97 Å². The Hall–Kier alpha value is -4.11. The summed E-state index contributed by atoms with van der Waals surface area (Å²) in [7, 11) is 0. The van der Waals surface area contributed by atoms with Crippen LogP contribution in [0.15, 0.2) is 109 Å². The van der Waals surface area contributed by atoms with Crippen LogP contribution in [-0.4, -0.2) is 5.97 Å². The van der Waals surface area contributed by atoms with Crippen molar-refractivity contribution in [1.82, 2.24) is 0 Å². The lowest BCUT2D eigenvalue weighted by molar-refractivity contribution is -0.134. The summed E-state index contributed by atoms with van der Waals surface area (Å²) >= 11 is 0. The zero-order chi connectivity index (χ0) is 21.9. The summed E-state index contributed by atoms with van der Waals surface area (Å²) in [6.45, 7) is 1.79. The molecule has 0 aliphatic heterocycles. The third-order valence-corrected chi connectivity index (χ3v) is 5.60. The van der Waals surface area contributed by atoms with E-state index in [2.05, 4.69) is 89.8 Å². The Balaban J connectivity index is 1.62. The lowest BCUT2D eigenvalue weighted by Gasteiger charge is -2.26. The third-order valence-electron chi connectivity index (χ3n) is 5.60. The highest BCUT2D eigenvalue weighted by Gasteiger charge is 2.14. The molecule has 3 nitrogen and oxygen atoms in total. The predicted octanol–water partition coefficient (Wildman–Crippen LogP) is 7.78. The van der Waals surface area contributed by atoms with Gasteiger partial charge in [0, 0.05) is 23.5 Å². The number of anilines is 3. The Morgan fingerprint density at radius 3 is 1.59 bits per heavy atom. The fourth-order valence-electron chi connectivity index (χ4n) is 3.95. The predicted molar refractivity (Wildman–Crippen MR) is 132 cm³/mol. The molecule has 0 unspecified atom stereocenters. The van der Waals surface area contributed by atoms with Crippen molar-refractivity contribution in [3.63, 3.8) is 0 Å². The molecule has 32 heavy (non-hydrogen) atoms. The molecule has 0 fully saturated rings. The minimum atomic E-state index is -0.237. The molecule has 156 valence electrons. The highest BCUT2D eigenvalue weighted by Crippen LogP contribution is 2.38. The largest absolute Gasteiger partial charge is 0.427 e. The van der Waals surface area contributed by atoms with Crippen molar-refractivity contribution >= 4 is 44.6 Å². The highest BCUT2D eigenvalue weighted by atomic mass is 16.5. The van der Waals surface area contributed by atoms with Crippen LogP contribution in [0.25, 0.3) is 21.5 Å². The summed E-state index contributed by atoms with van der Waals surface area (Å²) in [6.07, 6.45) is 0.349. The molecule has 0 amide bonds. The number of nitrogens with zero attached hydrogens (tertiary/aromatic N) is 1. The molecule has 5 aromatic carbocycles. The quantitative estimate of drug-likeness (QED) is 0.216. The fourth-order valence-corrected chi connectivity index (χ4v) is 3.95. The highest BCUT2D eigenvalue weighted by molar-refractivity contribution is 5.92. The van der Waals surface area contributed by atoms with Gasteiger partial charge in [-0.1, -0.05) is 67.6 Å². The first-order valence-electron chi connectivity index (χ1n) is 10.8.